The molecule has 0 aliphatic carbocycles. The highest BCUT2D eigenvalue weighted by Gasteiger charge is 2.09. The van der Waals surface area contributed by atoms with Crippen molar-refractivity contribution in [2.24, 2.45) is 0 Å². The summed E-state index contributed by atoms with van der Waals surface area (Å²) < 4.78 is 4.87. The second-order valence-electron chi connectivity index (χ2n) is 2.58. The lowest BCUT2D eigenvalue weighted by Gasteiger charge is -2.05. The summed E-state index contributed by atoms with van der Waals surface area (Å²) in [4.78, 5) is 31.7. The van der Waals surface area contributed by atoms with E-state index < -0.39 is 0 Å². The summed E-state index contributed by atoms with van der Waals surface area (Å²) in [6, 6.07) is 2.75. The number of carbonyl (C=O) groups is 3. The lowest BCUT2D eigenvalue weighted by molar-refractivity contribution is 0.109. The SMILES string of the molecule is COc1cc(C=O)cc(C=O)c1C=O. The number of benzene rings is 1. The van der Waals surface area contributed by atoms with Crippen molar-refractivity contribution in [2.45, 2.75) is 0 Å². The zero-order chi connectivity index (χ0) is 10.6. The molecule has 72 valence electrons. The fourth-order valence-electron chi connectivity index (χ4n) is 1.13. The van der Waals surface area contributed by atoms with Crippen LogP contribution in [-0.4, -0.2) is 26.0 Å². The molecule has 4 nitrogen and oxygen atoms in total. The van der Waals surface area contributed by atoms with Gasteiger partial charge in [0, 0.05) is 11.1 Å². The quantitative estimate of drug-likeness (QED) is 0.671. The maximum absolute atomic E-state index is 10.6. The van der Waals surface area contributed by atoms with Crippen molar-refractivity contribution in [3.63, 3.8) is 0 Å². The highest BCUT2D eigenvalue weighted by atomic mass is 16.5. The Balaban J connectivity index is 3.46. The summed E-state index contributed by atoms with van der Waals surface area (Å²) >= 11 is 0. The third-order valence-corrected chi connectivity index (χ3v) is 1.80. The van der Waals surface area contributed by atoms with Gasteiger partial charge in [-0.3, -0.25) is 14.4 Å². The van der Waals surface area contributed by atoms with Gasteiger partial charge in [0.1, 0.15) is 12.0 Å². The van der Waals surface area contributed by atoms with E-state index >= 15 is 0 Å². The summed E-state index contributed by atoms with van der Waals surface area (Å²) in [6.45, 7) is 0. The zero-order valence-corrected chi connectivity index (χ0v) is 7.52. The average Bonchev–Trinajstić information content (AvgIpc) is 2.26. The van der Waals surface area contributed by atoms with Crippen LogP contribution in [0.1, 0.15) is 31.1 Å². The summed E-state index contributed by atoms with van der Waals surface area (Å²) in [6.07, 6.45) is 1.63. The first-order chi connectivity index (χ1) is 6.76. The molecule has 0 heterocycles. The van der Waals surface area contributed by atoms with Crippen molar-refractivity contribution in [3.8, 4) is 5.75 Å². The molecule has 0 unspecified atom stereocenters. The van der Waals surface area contributed by atoms with Crippen LogP contribution in [0.3, 0.4) is 0 Å². The Morgan fingerprint density at radius 2 is 1.79 bits per heavy atom. The Morgan fingerprint density at radius 1 is 1.07 bits per heavy atom. The molecule has 0 fully saturated rings. The number of rotatable bonds is 4. The molecular weight excluding hydrogens is 184 g/mol. The van der Waals surface area contributed by atoms with Crippen LogP contribution >= 0.6 is 0 Å². The summed E-state index contributed by atoms with van der Waals surface area (Å²) in [7, 11) is 1.37. The number of methoxy groups -OCH3 is 1. The van der Waals surface area contributed by atoms with Crippen LogP contribution < -0.4 is 4.74 Å². The van der Waals surface area contributed by atoms with Gasteiger partial charge >= 0.3 is 0 Å². The Bertz CT molecular complexity index is 382. The maximum atomic E-state index is 10.6. The molecule has 1 aromatic carbocycles. The van der Waals surface area contributed by atoms with Gasteiger partial charge in [0.2, 0.25) is 0 Å². The summed E-state index contributed by atoms with van der Waals surface area (Å²) in [5, 5.41) is 0. The fourth-order valence-corrected chi connectivity index (χ4v) is 1.13. The van der Waals surface area contributed by atoms with Gasteiger partial charge < -0.3 is 4.74 Å². The normalized spacial score (nSPS) is 9.21. The van der Waals surface area contributed by atoms with Gasteiger partial charge in [-0.15, -0.1) is 0 Å². The fraction of sp³-hybridized carbons (Fsp3) is 0.100. The van der Waals surface area contributed by atoms with Crippen molar-refractivity contribution in [1.82, 2.24) is 0 Å². The molecule has 0 radical (unpaired) electrons. The molecular formula is C10H8O4. The largest absolute Gasteiger partial charge is 0.496 e. The van der Waals surface area contributed by atoms with E-state index in [1.54, 1.807) is 0 Å². The topological polar surface area (TPSA) is 60.4 Å². The van der Waals surface area contributed by atoms with Crippen molar-refractivity contribution >= 4 is 18.9 Å². The molecule has 0 saturated heterocycles. The van der Waals surface area contributed by atoms with Crippen LogP contribution in [-0.2, 0) is 0 Å². The molecule has 1 rings (SSSR count). The van der Waals surface area contributed by atoms with Crippen LogP contribution in [0.15, 0.2) is 12.1 Å². The van der Waals surface area contributed by atoms with Gasteiger partial charge in [0.05, 0.1) is 12.7 Å². The van der Waals surface area contributed by atoms with Gasteiger partial charge in [-0.25, -0.2) is 0 Å². The monoisotopic (exact) mass is 192 g/mol. The van der Waals surface area contributed by atoms with E-state index in [4.69, 9.17) is 4.74 Å². The molecule has 0 spiro atoms. The summed E-state index contributed by atoms with van der Waals surface area (Å²) in [5.41, 5.74) is 0.615. The number of hydrogen-bond donors (Lipinski definition) is 0. The standard InChI is InChI=1S/C10H8O4/c1-14-10-3-7(4-11)2-8(5-12)9(10)6-13/h2-6H,1H3. The van der Waals surface area contributed by atoms with Crippen molar-refractivity contribution in [2.75, 3.05) is 7.11 Å². The predicted molar refractivity (Wildman–Crippen MR) is 49.2 cm³/mol. The van der Waals surface area contributed by atoms with Crippen LogP contribution in [0.2, 0.25) is 0 Å². The lowest BCUT2D eigenvalue weighted by atomic mass is 10.1. The Labute approximate surface area is 80.5 Å². The van der Waals surface area contributed by atoms with Crippen molar-refractivity contribution in [3.05, 3.63) is 28.8 Å². The molecule has 0 amide bonds. The van der Waals surface area contributed by atoms with Crippen molar-refractivity contribution in [1.29, 1.82) is 0 Å². The number of hydrogen-bond acceptors (Lipinski definition) is 4. The third kappa shape index (κ3) is 1.69. The van der Waals surface area contributed by atoms with E-state index in [2.05, 4.69) is 0 Å². The predicted octanol–water partition coefficient (Wildman–Crippen LogP) is 1.13. The number of carbonyl (C=O) groups excluding carboxylic acids is 3. The minimum absolute atomic E-state index is 0.154. The molecule has 0 atom stereocenters. The number of aldehydes is 3. The maximum Gasteiger partial charge on any atom is 0.154 e. The molecule has 4 heteroatoms. The molecule has 1 aromatic rings. The van der Waals surface area contributed by atoms with E-state index in [-0.39, 0.29) is 16.9 Å². The van der Waals surface area contributed by atoms with Gasteiger partial charge in [-0.1, -0.05) is 0 Å². The first-order valence-corrected chi connectivity index (χ1v) is 3.84. The van der Waals surface area contributed by atoms with E-state index in [1.807, 2.05) is 0 Å². The lowest BCUT2D eigenvalue weighted by Crippen LogP contribution is -1.98. The van der Waals surface area contributed by atoms with Gasteiger partial charge in [0.15, 0.2) is 12.6 Å². The Morgan fingerprint density at radius 3 is 2.21 bits per heavy atom. The molecule has 0 aliphatic heterocycles. The first-order valence-electron chi connectivity index (χ1n) is 3.84. The molecule has 14 heavy (non-hydrogen) atoms. The van der Waals surface area contributed by atoms with E-state index in [1.165, 1.54) is 19.2 Å². The second kappa shape index (κ2) is 4.32. The second-order valence-corrected chi connectivity index (χ2v) is 2.58. The smallest absolute Gasteiger partial charge is 0.154 e. The molecule has 0 saturated carbocycles. The van der Waals surface area contributed by atoms with Crippen molar-refractivity contribution < 1.29 is 19.1 Å². The van der Waals surface area contributed by atoms with Gasteiger partial charge in [-0.2, -0.15) is 0 Å². The van der Waals surface area contributed by atoms with Gasteiger partial charge in [-0.05, 0) is 12.1 Å². The Hall–Kier alpha value is -1.97. The third-order valence-electron chi connectivity index (χ3n) is 1.80. The van der Waals surface area contributed by atoms with Crippen LogP contribution in [0, 0.1) is 0 Å². The Kier molecular flexibility index (Phi) is 3.12. The van der Waals surface area contributed by atoms with Crippen LogP contribution in [0.4, 0.5) is 0 Å². The number of ether oxygens (including phenoxy) is 1. The molecule has 0 aromatic heterocycles. The van der Waals surface area contributed by atoms with Gasteiger partial charge in [0.25, 0.3) is 0 Å². The highest BCUT2D eigenvalue weighted by Crippen LogP contribution is 2.21. The summed E-state index contributed by atoms with van der Waals surface area (Å²) in [5.74, 6) is 0.228. The highest BCUT2D eigenvalue weighted by molar-refractivity contribution is 5.95. The zero-order valence-electron chi connectivity index (χ0n) is 7.52. The first kappa shape index (κ1) is 10.1. The average molecular weight is 192 g/mol. The van der Waals surface area contributed by atoms with E-state index in [0.717, 1.165) is 0 Å². The molecule has 0 aliphatic rings. The molecule has 0 bridgehead atoms. The van der Waals surface area contributed by atoms with Crippen LogP contribution in [0.5, 0.6) is 5.75 Å². The van der Waals surface area contributed by atoms with E-state index in [0.29, 0.717) is 24.4 Å². The minimum Gasteiger partial charge on any atom is -0.496 e. The van der Waals surface area contributed by atoms with Crippen LogP contribution in [0.25, 0.3) is 0 Å². The minimum atomic E-state index is 0.154. The van der Waals surface area contributed by atoms with E-state index in [9.17, 15) is 14.4 Å². The molecule has 0 N–H and O–H groups in total.